The van der Waals surface area contributed by atoms with Gasteiger partial charge < -0.3 is 15.1 Å². The fourth-order valence-electron chi connectivity index (χ4n) is 3.09. The molecule has 0 bridgehead atoms. The predicted molar refractivity (Wildman–Crippen MR) is 108 cm³/mol. The van der Waals surface area contributed by atoms with Crippen LogP contribution in [0, 0.1) is 0 Å². The lowest BCUT2D eigenvalue weighted by Crippen LogP contribution is -2.48. The van der Waals surface area contributed by atoms with Gasteiger partial charge in [0.2, 0.25) is 0 Å². The topological polar surface area (TPSA) is 52.6 Å². The summed E-state index contributed by atoms with van der Waals surface area (Å²) < 4.78 is 23.7. The van der Waals surface area contributed by atoms with Gasteiger partial charge in [0.15, 0.2) is 14.9 Å². The van der Waals surface area contributed by atoms with Crippen molar-refractivity contribution in [1.82, 2.24) is 15.1 Å². The zero-order valence-electron chi connectivity index (χ0n) is 15.1. The third-order valence-electron chi connectivity index (χ3n) is 4.45. The second-order valence-electron chi connectivity index (χ2n) is 6.87. The van der Waals surface area contributed by atoms with E-state index in [9.17, 15) is 8.42 Å². The van der Waals surface area contributed by atoms with Gasteiger partial charge >= 0.3 is 0 Å². The summed E-state index contributed by atoms with van der Waals surface area (Å²) in [5.74, 6) is 0.490. The molecule has 1 atom stereocenters. The minimum atomic E-state index is -2.92. The Morgan fingerprint density at radius 3 is 2.56 bits per heavy atom. The van der Waals surface area contributed by atoms with Crippen LogP contribution in [0.3, 0.4) is 0 Å². The number of rotatable bonds is 8. The molecular formula is C18H29N3O2S2. The predicted octanol–water partition coefficient (Wildman–Crippen LogP) is 1.54. The van der Waals surface area contributed by atoms with E-state index in [4.69, 9.17) is 12.2 Å². The van der Waals surface area contributed by atoms with E-state index in [1.807, 2.05) is 32.3 Å². The van der Waals surface area contributed by atoms with Crippen LogP contribution in [0.2, 0.25) is 0 Å². The van der Waals surface area contributed by atoms with Crippen LogP contribution in [-0.2, 0) is 16.3 Å². The molecule has 5 nitrogen and oxygen atoms in total. The maximum atomic E-state index is 11.9. The van der Waals surface area contributed by atoms with Gasteiger partial charge in [-0.3, -0.25) is 0 Å². The van der Waals surface area contributed by atoms with Gasteiger partial charge in [-0.15, -0.1) is 0 Å². The summed E-state index contributed by atoms with van der Waals surface area (Å²) in [7, 11) is 1.17. The molecule has 0 aromatic heterocycles. The molecule has 1 aliphatic heterocycles. The molecule has 1 aliphatic rings. The first-order chi connectivity index (χ1) is 11.9. The summed E-state index contributed by atoms with van der Waals surface area (Å²) in [4.78, 5) is 4.23. The summed E-state index contributed by atoms with van der Waals surface area (Å²) in [5, 5.41) is 4.00. The molecule has 140 valence electrons. The number of nitrogens with zero attached hydrogens (tertiary/aromatic N) is 2. The van der Waals surface area contributed by atoms with Gasteiger partial charge in [0.05, 0.1) is 11.5 Å². The number of hydrogen-bond donors (Lipinski definition) is 1. The molecule has 0 aliphatic carbocycles. The average molecular weight is 384 g/mol. The Morgan fingerprint density at radius 2 is 1.96 bits per heavy atom. The number of nitrogens with one attached hydrogen (secondary N) is 1. The first-order valence-corrected chi connectivity index (χ1v) is 11.0. The maximum Gasteiger partial charge on any atom is 0.169 e. The fraction of sp³-hybridized carbons (Fsp3) is 0.611. The minimum Gasteiger partial charge on any atom is -0.362 e. The van der Waals surface area contributed by atoms with Gasteiger partial charge in [0.1, 0.15) is 0 Å². The fourth-order valence-corrected chi connectivity index (χ4v) is 5.16. The van der Waals surface area contributed by atoms with E-state index in [1.54, 1.807) is 0 Å². The molecule has 25 heavy (non-hydrogen) atoms. The van der Waals surface area contributed by atoms with Gasteiger partial charge in [0, 0.05) is 19.1 Å². The van der Waals surface area contributed by atoms with Crippen molar-refractivity contribution in [3.63, 3.8) is 0 Å². The Morgan fingerprint density at radius 1 is 1.24 bits per heavy atom. The number of sulfone groups is 1. The summed E-state index contributed by atoms with van der Waals surface area (Å²) in [6.07, 6.45) is 2.53. The lowest BCUT2D eigenvalue weighted by Gasteiger charge is -2.31. The van der Waals surface area contributed by atoms with Crippen LogP contribution < -0.4 is 5.32 Å². The highest BCUT2D eigenvalue weighted by Crippen LogP contribution is 2.18. The van der Waals surface area contributed by atoms with Crippen molar-refractivity contribution in [2.75, 3.05) is 45.2 Å². The smallest absolute Gasteiger partial charge is 0.169 e. The average Bonchev–Trinajstić information content (AvgIpc) is 2.92. The summed E-state index contributed by atoms with van der Waals surface area (Å²) in [5.41, 5.74) is 1.26. The normalized spacial score (nSPS) is 19.1. The lowest BCUT2D eigenvalue weighted by molar-refractivity contribution is 0.300. The van der Waals surface area contributed by atoms with Gasteiger partial charge in [-0.05, 0) is 57.7 Å². The number of benzene rings is 1. The largest absolute Gasteiger partial charge is 0.362 e. The number of thiocarbonyl (C=S) groups is 1. The third kappa shape index (κ3) is 6.92. The van der Waals surface area contributed by atoms with E-state index in [0.29, 0.717) is 11.5 Å². The van der Waals surface area contributed by atoms with E-state index < -0.39 is 9.84 Å². The highest BCUT2D eigenvalue weighted by atomic mass is 32.2. The Hall–Kier alpha value is -1.18. The molecular weight excluding hydrogens is 354 g/mol. The van der Waals surface area contributed by atoms with Crippen molar-refractivity contribution in [2.24, 2.45) is 0 Å². The Kier molecular flexibility index (Phi) is 7.65. The van der Waals surface area contributed by atoms with Crippen LogP contribution in [-0.4, -0.2) is 74.6 Å². The summed E-state index contributed by atoms with van der Waals surface area (Å²) >= 11 is 5.59. The first kappa shape index (κ1) is 20.1. The van der Waals surface area contributed by atoms with Crippen molar-refractivity contribution in [3.05, 3.63) is 35.9 Å². The molecule has 1 heterocycles. The minimum absolute atomic E-state index is 0.00360. The van der Waals surface area contributed by atoms with Crippen molar-refractivity contribution in [3.8, 4) is 0 Å². The third-order valence-corrected chi connectivity index (χ3v) is 6.58. The zero-order chi connectivity index (χ0) is 18.3. The SMILES string of the molecule is CN(C)CCCN(C(=S)NCCc1ccccc1)[C@@H]1CCS(=O)(=O)C1. The van der Waals surface area contributed by atoms with Crippen LogP contribution >= 0.6 is 12.2 Å². The molecule has 0 amide bonds. The van der Waals surface area contributed by atoms with Crippen LogP contribution in [0.5, 0.6) is 0 Å². The molecule has 0 spiro atoms. The van der Waals surface area contributed by atoms with Gasteiger partial charge in [-0.25, -0.2) is 8.42 Å². The monoisotopic (exact) mass is 383 g/mol. The molecule has 1 fully saturated rings. The molecule has 1 aromatic carbocycles. The van der Waals surface area contributed by atoms with E-state index in [-0.39, 0.29) is 17.5 Å². The number of hydrogen-bond acceptors (Lipinski definition) is 4. The second-order valence-corrected chi connectivity index (χ2v) is 9.49. The van der Waals surface area contributed by atoms with Crippen molar-refractivity contribution in [1.29, 1.82) is 0 Å². The van der Waals surface area contributed by atoms with Crippen molar-refractivity contribution >= 4 is 27.2 Å². The molecule has 0 unspecified atom stereocenters. The van der Waals surface area contributed by atoms with E-state index in [2.05, 4.69) is 27.2 Å². The molecule has 2 rings (SSSR count). The van der Waals surface area contributed by atoms with Gasteiger partial charge in [0.25, 0.3) is 0 Å². The molecule has 1 N–H and O–H groups in total. The van der Waals surface area contributed by atoms with Gasteiger partial charge in [-0.2, -0.15) is 0 Å². The summed E-state index contributed by atoms with van der Waals surface area (Å²) in [6, 6.07) is 10.3. The van der Waals surface area contributed by atoms with Crippen LogP contribution in [0.25, 0.3) is 0 Å². The van der Waals surface area contributed by atoms with Crippen LogP contribution in [0.4, 0.5) is 0 Å². The van der Waals surface area contributed by atoms with Crippen LogP contribution in [0.1, 0.15) is 18.4 Å². The zero-order valence-corrected chi connectivity index (χ0v) is 16.8. The Bertz CT molecular complexity index is 648. The standard InChI is InChI=1S/C18H29N3O2S2/c1-20(2)12-6-13-21(17-10-14-25(22,23)15-17)18(24)19-11-9-16-7-4-3-5-8-16/h3-5,7-8,17H,6,9-15H2,1-2H3,(H,19,24)/t17-/m1/s1. The Labute approximate surface area is 157 Å². The maximum absolute atomic E-state index is 11.9. The van der Waals surface area contributed by atoms with E-state index in [0.717, 1.165) is 32.5 Å². The van der Waals surface area contributed by atoms with E-state index >= 15 is 0 Å². The van der Waals surface area contributed by atoms with Crippen molar-refractivity contribution in [2.45, 2.75) is 25.3 Å². The molecule has 7 heteroatoms. The van der Waals surface area contributed by atoms with Crippen molar-refractivity contribution < 1.29 is 8.42 Å². The first-order valence-electron chi connectivity index (χ1n) is 8.81. The summed E-state index contributed by atoms with van der Waals surface area (Å²) in [6.45, 7) is 2.50. The van der Waals surface area contributed by atoms with Crippen LogP contribution in [0.15, 0.2) is 30.3 Å². The highest BCUT2D eigenvalue weighted by Gasteiger charge is 2.33. The highest BCUT2D eigenvalue weighted by molar-refractivity contribution is 7.91. The quantitative estimate of drug-likeness (QED) is 0.688. The second kappa shape index (κ2) is 9.50. The van der Waals surface area contributed by atoms with E-state index in [1.165, 1.54) is 5.56 Å². The molecule has 1 aromatic rings. The van der Waals surface area contributed by atoms with Gasteiger partial charge in [-0.1, -0.05) is 30.3 Å². The molecule has 0 saturated carbocycles. The Balaban J connectivity index is 1.90. The lowest BCUT2D eigenvalue weighted by atomic mass is 10.1. The molecule has 0 radical (unpaired) electrons. The molecule has 1 saturated heterocycles.